The van der Waals surface area contributed by atoms with Gasteiger partial charge in [-0.25, -0.2) is 8.42 Å². The Morgan fingerprint density at radius 2 is 1.64 bits per heavy atom. The molecule has 0 aliphatic rings. The normalized spacial score (nSPS) is 11.8. The Hall–Kier alpha value is -1.50. The first-order valence-electron chi connectivity index (χ1n) is 7.11. The largest absolute Gasteiger partial charge is 0.295 e. The summed E-state index contributed by atoms with van der Waals surface area (Å²) in [5, 5.41) is 0. The van der Waals surface area contributed by atoms with Crippen LogP contribution in [0.1, 0.15) is 31.1 Å². The molecular formula is C16H19NO3S2. The highest BCUT2D eigenvalue weighted by molar-refractivity contribution is 7.91. The monoisotopic (exact) mass is 337 g/mol. The fourth-order valence-corrected chi connectivity index (χ4v) is 5.10. The van der Waals surface area contributed by atoms with Gasteiger partial charge in [0.15, 0.2) is 5.78 Å². The third-order valence-electron chi connectivity index (χ3n) is 3.46. The second-order valence-electron chi connectivity index (χ2n) is 4.84. The summed E-state index contributed by atoms with van der Waals surface area (Å²) in [5.74, 6) is 0.0162. The van der Waals surface area contributed by atoms with Crippen LogP contribution in [-0.2, 0) is 10.0 Å². The fraction of sp³-hybridized carbons (Fsp3) is 0.312. The van der Waals surface area contributed by atoms with Crippen molar-refractivity contribution in [3.8, 4) is 10.4 Å². The van der Waals surface area contributed by atoms with Gasteiger partial charge in [-0.2, -0.15) is 4.31 Å². The Morgan fingerprint density at radius 3 is 2.14 bits per heavy atom. The van der Waals surface area contributed by atoms with Crippen molar-refractivity contribution in [3.05, 3.63) is 42.0 Å². The maximum Gasteiger partial charge on any atom is 0.252 e. The summed E-state index contributed by atoms with van der Waals surface area (Å²) in [6, 6.07) is 10.7. The molecule has 4 nitrogen and oxygen atoms in total. The van der Waals surface area contributed by atoms with Crippen molar-refractivity contribution in [3.63, 3.8) is 0 Å². The van der Waals surface area contributed by atoms with Crippen LogP contribution in [0, 0.1) is 0 Å². The third-order valence-corrected chi connectivity index (χ3v) is 7.11. The van der Waals surface area contributed by atoms with Crippen molar-refractivity contribution in [2.75, 3.05) is 13.1 Å². The molecule has 2 rings (SSSR count). The Morgan fingerprint density at radius 1 is 1.05 bits per heavy atom. The quantitative estimate of drug-likeness (QED) is 0.756. The lowest BCUT2D eigenvalue weighted by Gasteiger charge is -2.16. The van der Waals surface area contributed by atoms with Crippen molar-refractivity contribution < 1.29 is 13.2 Å². The number of Topliss-reactive ketones (excluding diaryl/α,β-unsaturated/α-hetero) is 1. The Labute approximate surface area is 135 Å². The molecule has 1 aromatic carbocycles. The predicted octanol–water partition coefficient (Wildman–Crippen LogP) is 3.65. The van der Waals surface area contributed by atoms with Crippen LogP contribution < -0.4 is 0 Å². The summed E-state index contributed by atoms with van der Waals surface area (Å²) in [7, 11) is -3.41. The molecule has 0 fully saturated rings. The Bertz CT molecular complexity index is 757. The van der Waals surface area contributed by atoms with E-state index in [4.69, 9.17) is 0 Å². The number of hydrogen-bond acceptors (Lipinski definition) is 4. The van der Waals surface area contributed by atoms with Gasteiger partial charge in [0.05, 0.1) is 0 Å². The van der Waals surface area contributed by atoms with E-state index in [0.29, 0.717) is 22.9 Å². The molecule has 1 aromatic heterocycles. The molecule has 6 heteroatoms. The van der Waals surface area contributed by atoms with E-state index in [1.165, 1.54) is 22.6 Å². The summed E-state index contributed by atoms with van der Waals surface area (Å²) in [4.78, 5) is 12.2. The topological polar surface area (TPSA) is 54.5 Å². The van der Waals surface area contributed by atoms with Gasteiger partial charge in [0, 0.05) is 23.5 Å². The van der Waals surface area contributed by atoms with Crippen LogP contribution in [0.5, 0.6) is 0 Å². The molecule has 0 atom stereocenters. The van der Waals surface area contributed by atoms with Gasteiger partial charge in [0.1, 0.15) is 4.21 Å². The number of ketones is 1. The standard InChI is InChI=1S/C16H19NO3S2/c1-4-17(5-2)22(19,20)16-11-10-15(21-16)14-8-6-13(7-9-14)12(3)18/h6-11H,4-5H2,1-3H3. The molecule has 118 valence electrons. The first-order valence-corrected chi connectivity index (χ1v) is 9.37. The molecule has 0 amide bonds. The summed E-state index contributed by atoms with van der Waals surface area (Å²) in [5.41, 5.74) is 1.56. The van der Waals surface area contributed by atoms with Gasteiger partial charge < -0.3 is 0 Å². The van der Waals surface area contributed by atoms with Crippen molar-refractivity contribution in [1.82, 2.24) is 4.31 Å². The van der Waals surface area contributed by atoms with Gasteiger partial charge in [-0.1, -0.05) is 38.1 Å². The first-order chi connectivity index (χ1) is 10.4. The van der Waals surface area contributed by atoms with Crippen LogP contribution in [0.2, 0.25) is 0 Å². The molecular weight excluding hydrogens is 318 g/mol. The third kappa shape index (κ3) is 3.29. The Balaban J connectivity index is 2.34. The Kier molecular flexibility index (Phi) is 5.16. The number of thiophene rings is 1. The molecule has 0 unspecified atom stereocenters. The molecule has 0 aliphatic carbocycles. The highest BCUT2D eigenvalue weighted by Gasteiger charge is 2.23. The van der Waals surface area contributed by atoms with Crippen molar-refractivity contribution in [2.45, 2.75) is 25.0 Å². The minimum Gasteiger partial charge on any atom is -0.295 e. The first kappa shape index (κ1) is 16.9. The SMILES string of the molecule is CCN(CC)S(=O)(=O)c1ccc(-c2ccc(C(C)=O)cc2)s1. The molecule has 0 radical (unpaired) electrons. The minimum absolute atomic E-state index is 0.0162. The lowest BCUT2D eigenvalue weighted by Crippen LogP contribution is -2.29. The highest BCUT2D eigenvalue weighted by atomic mass is 32.2. The average molecular weight is 337 g/mol. The van der Waals surface area contributed by atoms with Gasteiger partial charge >= 0.3 is 0 Å². The van der Waals surface area contributed by atoms with E-state index in [9.17, 15) is 13.2 Å². The summed E-state index contributed by atoms with van der Waals surface area (Å²) < 4.78 is 26.7. The van der Waals surface area contributed by atoms with Gasteiger partial charge in [-0.05, 0) is 24.6 Å². The van der Waals surface area contributed by atoms with Crippen LogP contribution in [0.25, 0.3) is 10.4 Å². The van der Waals surface area contributed by atoms with Crippen LogP contribution in [0.15, 0.2) is 40.6 Å². The number of carbonyl (C=O) groups excluding carboxylic acids is 1. The van der Waals surface area contributed by atoms with Gasteiger partial charge in [-0.15, -0.1) is 11.3 Å². The van der Waals surface area contributed by atoms with Gasteiger partial charge in [0.2, 0.25) is 0 Å². The number of benzene rings is 1. The summed E-state index contributed by atoms with van der Waals surface area (Å²) >= 11 is 1.25. The maximum absolute atomic E-state index is 12.5. The number of hydrogen-bond donors (Lipinski definition) is 0. The molecule has 0 saturated carbocycles. The van der Waals surface area contributed by atoms with Crippen LogP contribution in [0.4, 0.5) is 0 Å². The van der Waals surface area contributed by atoms with E-state index in [-0.39, 0.29) is 5.78 Å². The van der Waals surface area contributed by atoms with E-state index < -0.39 is 10.0 Å². The molecule has 0 spiro atoms. The summed E-state index contributed by atoms with van der Waals surface area (Å²) in [6.07, 6.45) is 0. The van der Waals surface area contributed by atoms with Crippen LogP contribution in [-0.4, -0.2) is 31.6 Å². The molecule has 0 aliphatic heterocycles. The molecule has 1 heterocycles. The average Bonchev–Trinajstić information content (AvgIpc) is 2.99. The van der Waals surface area contributed by atoms with Crippen molar-refractivity contribution in [1.29, 1.82) is 0 Å². The number of carbonyl (C=O) groups is 1. The highest BCUT2D eigenvalue weighted by Crippen LogP contribution is 2.32. The number of nitrogens with zero attached hydrogens (tertiary/aromatic N) is 1. The van der Waals surface area contributed by atoms with E-state index in [1.54, 1.807) is 18.2 Å². The molecule has 22 heavy (non-hydrogen) atoms. The van der Waals surface area contributed by atoms with Crippen molar-refractivity contribution >= 4 is 27.1 Å². The predicted molar refractivity (Wildman–Crippen MR) is 89.9 cm³/mol. The second-order valence-corrected chi connectivity index (χ2v) is 8.09. The van der Waals surface area contributed by atoms with Crippen molar-refractivity contribution in [2.24, 2.45) is 0 Å². The maximum atomic E-state index is 12.5. The zero-order chi connectivity index (χ0) is 16.3. The smallest absolute Gasteiger partial charge is 0.252 e. The van der Waals surface area contributed by atoms with Gasteiger partial charge in [0.25, 0.3) is 10.0 Å². The van der Waals surface area contributed by atoms with Crippen LogP contribution in [0.3, 0.4) is 0 Å². The second kappa shape index (κ2) is 6.73. The van der Waals surface area contributed by atoms with E-state index >= 15 is 0 Å². The van der Waals surface area contributed by atoms with E-state index in [1.807, 2.05) is 32.0 Å². The number of rotatable bonds is 6. The molecule has 0 N–H and O–H groups in total. The lowest BCUT2D eigenvalue weighted by molar-refractivity contribution is 0.101. The molecule has 2 aromatic rings. The lowest BCUT2D eigenvalue weighted by atomic mass is 10.1. The fourth-order valence-electron chi connectivity index (χ4n) is 2.17. The molecule has 0 saturated heterocycles. The summed E-state index contributed by atoms with van der Waals surface area (Å²) in [6.45, 7) is 6.10. The zero-order valence-electron chi connectivity index (χ0n) is 12.9. The minimum atomic E-state index is -3.41. The van der Waals surface area contributed by atoms with Crippen LogP contribution >= 0.6 is 11.3 Å². The zero-order valence-corrected chi connectivity index (χ0v) is 14.5. The van der Waals surface area contributed by atoms with E-state index in [0.717, 1.165) is 10.4 Å². The van der Waals surface area contributed by atoms with Gasteiger partial charge in [-0.3, -0.25) is 4.79 Å². The number of sulfonamides is 1. The molecule has 0 bridgehead atoms. The van der Waals surface area contributed by atoms with E-state index in [2.05, 4.69) is 0 Å².